The molecule has 0 saturated carbocycles. The molecule has 0 aliphatic carbocycles. The number of likely N-dealkylation sites (tertiary alicyclic amines) is 1. The van der Waals surface area contributed by atoms with Crippen molar-refractivity contribution in [3.05, 3.63) is 88.5 Å². The maximum Gasteiger partial charge on any atom is 0.271 e. The largest absolute Gasteiger partial charge is 0.326 e. The van der Waals surface area contributed by atoms with E-state index in [2.05, 4.69) is 26.9 Å². The molecule has 1 saturated heterocycles. The highest BCUT2D eigenvalue weighted by molar-refractivity contribution is 5.88. The number of aryl methyl sites for hydroxylation is 1. The van der Waals surface area contributed by atoms with Crippen molar-refractivity contribution in [2.75, 3.05) is 25.0 Å². The van der Waals surface area contributed by atoms with Crippen LogP contribution in [0.25, 0.3) is 22.4 Å². The molecule has 0 bridgehead atoms. The van der Waals surface area contributed by atoms with Gasteiger partial charge in [0, 0.05) is 36.9 Å². The van der Waals surface area contributed by atoms with Crippen LogP contribution in [0, 0.1) is 10.1 Å². The second-order valence-corrected chi connectivity index (χ2v) is 9.66. The molecule has 1 N–H and O–H groups in total. The van der Waals surface area contributed by atoms with E-state index < -0.39 is 0 Å². The topological polar surface area (TPSA) is 93.3 Å². The van der Waals surface area contributed by atoms with Crippen molar-refractivity contribution < 1.29 is 9.72 Å². The standard InChI is InChI=1S/C29H31N5O3/c1-21(35)30-25-10-5-9-24(19-25)22-13-17-32(18-14-22)15-6-16-33-28-20-26(34(36)37)11-12-27(28)31-29(33)23-7-3-2-4-8-23/h2-5,7-12,19-20,22H,6,13-18H2,1H3,(H,30,35). The molecule has 0 atom stereocenters. The Morgan fingerprint density at radius 3 is 2.54 bits per heavy atom. The number of anilines is 1. The number of amides is 1. The van der Waals surface area contributed by atoms with Gasteiger partial charge in [0.2, 0.25) is 5.91 Å². The van der Waals surface area contributed by atoms with Crippen molar-refractivity contribution in [3.8, 4) is 11.4 Å². The van der Waals surface area contributed by atoms with Gasteiger partial charge in [-0.15, -0.1) is 0 Å². The smallest absolute Gasteiger partial charge is 0.271 e. The predicted octanol–water partition coefficient (Wildman–Crippen LogP) is 5.84. The Kier molecular flexibility index (Phi) is 7.28. The Morgan fingerprint density at radius 2 is 1.81 bits per heavy atom. The average Bonchev–Trinajstić information content (AvgIpc) is 3.27. The van der Waals surface area contributed by atoms with Crippen LogP contribution in [0.4, 0.5) is 11.4 Å². The van der Waals surface area contributed by atoms with E-state index in [1.807, 2.05) is 42.5 Å². The van der Waals surface area contributed by atoms with Crippen molar-refractivity contribution in [2.24, 2.45) is 0 Å². The fourth-order valence-corrected chi connectivity index (χ4v) is 5.27. The average molecular weight is 498 g/mol. The molecular formula is C29H31N5O3. The number of nitrogens with zero attached hydrogens (tertiary/aromatic N) is 4. The number of nitrogens with one attached hydrogen (secondary N) is 1. The van der Waals surface area contributed by atoms with Gasteiger partial charge >= 0.3 is 0 Å². The highest BCUT2D eigenvalue weighted by Gasteiger charge is 2.21. The number of hydrogen-bond donors (Lipinski definition) is 1. The number of hydrogen-bond acceptors (Lipinski definition) is 5. The van der Waals surface area contributed by atoms with E-state index in [1.54, 1.807) is 12.1 Å². The second-order valence-electron chi connectivity index (χ2n) is 9.66. The lowest BCUT2D eigenvalue weighted by atomic mass is 9.89. The van der Waals surface area contributed by atoms with Crippen molar-refractivity contribution in [2.45, 2.75) is 38.6 Å². The van der Waals surface area contributed by atoms with Crippen LogP contribution in [-0.4, -0.2) is 44.9 Å². The number of benzene rings is 3. The summed E-state index contributed by atoms with van der Waals surface area (Å²) in [5, 5.41) is 14.3. The van der Waals surface area contributed by atoms with Gasteiger partial charge in [-0.05, 0) is 68.6 Å². The molecular weight excluding hydrogens is 466 g/mol. The number of fused-ring (bicyclic) bond motifs is 1. The lowest BCUT2D eigenvalue weighted by Crippen LogP contribution is -2.34. The van der Waals surface area contributed by atoms with Crippen LogP contribution >= 0.6 is 0 Å². The molecule has 1 aromatic heterocycles. The van der Waals surface area contributed by atoms with Crippen LogP contribution in [0.2, 0.25) is 0 Å². The summed E-state index contributed by atoms with van der Waals surface area (Å²) >= 11 is 0. The van der Waals surface area contributed by atoms with Crippen LogP contribution < -0.4 is 5.32 Å². The van der Waals surface area contributed by atoms with E-state index >= 15 is 0 Å². The first-order valence-corrected chi connectivity index (χ1v) is 12.8. The minimum Gasteiger partial charge on any atom is -0.326 e. The van der Waals surface area contributed by atoms with Gasteiger partial charge < -0.3 is 14.8 Å². The van der Waals surface area contributed by atoms with Gasteiger partial charge in [0.15, 0.2) is 0 Å². The van der Waals surface area contributed by atoms with Gasteiger partial charge in [0.1, 0.15) is 5.82 Å². The quantitative estimate of drug-likeness (QED) is 0.244. The zero-order chi connectivity index (χ0) is 25.8. The molecule has 1 aliphatic rings. The zero-order valence-corrected chi connectivity index (χ0v) is 21.0. The number of nitro benzene ring substituents is 1. The normalized spacial score (nSPS) is 14.6. The fraction of sp³-hybridized carbons (Fsp3) is 0.310. The summed E-state index contributed by atoms with van der Waals surface area (Å²) in [6.45, 7) is 5.28. The van der Waals surface area contributed by atoms with E-state index in [1.165, 1.54) is 18.6 Å². The van der Waals surface area contributed by atoms with Crippen LogP contribution in [0.1, 0.15) is 37.7 Å². The Bertz CT molecular complexity index is 1410. The first-order valence-electron chi connectivity index (χ1n) is 12.8. The molecule has 8 heteroatoms. The minimum atomic E-state index is -0.352. The highest BCUT2D eigenvalue weighted by atomic mass is 16.6. The number of carbonyl (C=O) groups is 1. The molecule has 3 aromatic carbocycles. The van der Waals surface area contributed by atoms with Gasteiger partial charge in [-0.2, -0.15) is 0 Å². The van der Waals surface area contributed by atoms with Crippen LogP contribution in [-0.2, 0) is 11.3 Å². The Labute approximate surface area is 216 Å². The van der Waals surface area contributed by atoms with Crippen LogP contribution in [0.3, 0.4) is 0 Å². The van der Waals surface area contributed by atoms with Crippen molar-refractivity contribution in [1.29, 1.82) is 0 Å². The van der Waals surface area contributed by atoms with E-state index in [0.29, 0.717) is 5.92 Å². The minimum absolute atomic E-state index is 0.0531. The molecule has 0 unspecified atom stereocenters. The summed E-state index contributed by atoms with van der Waals surface area (Å²) in [5.74, 6) is 1.28. The Balaban J connectivity index is 1.25. The first-order chi connectivity index (χ1) is 18.0. The fourth-order valence-electron chi connectivity index (χ4n) is 5.27. The molecule has 37 heavy (non-hydrogen) atoms. The molecule has 1 fully saturated rings. The third-order valence-electron chi connectivity index (χ3n) is 7.10. The molecule has 2 heterocycles. The van der Waals surface area contributed by atoms with Gasteiger partial charge in [-0.3, -0.25) is 14.9 Å². The number of non-ortho nitro benzene ring substituents is 1. The zero-order valence-electron chi connectivity index (χ0n) is 21.0. The molecule has 1 amide bonds. The van der Waals surface area contributed by atoms with Crippen molar-refractivity contribution >= 4 is 28.3 Å². The summed E-state index contributed by atoms with van der Waals surface area (Å²) in [6, 6.07) is 23.1. The number of aromatic nitrogens is 2. The summed E-state index contributed by atoms with van der Waals surface area (Å²) < 4.78 is 2.12. The maximum atomic E-state index is 11.4. The summed E-state index contributed by atoms with van der Waals surface area (Å²) in [4.78, 5) is 29.8. The maximum absolute atomic E-state index is 11.4. The Hall–Kier alpha value is -4.04. The number of imidazole rings is 1. The summed E-state index contributed by atoms with van der Waals surface area (Å²) in [6.07, 6.45) is 3.09. The third kappa shape index (κ3) is 5.70. The molecule has 0 radical (unpaired) electrons. The van der Waals surface area contributed by atoms with Crippen LogP contribution in [0.5, 0.6) is 0 Å². The highest BCUT2D eigenvalue weighted by Crippen LogP contribution is 2.31. The first kappa shape index (κ1) is 24.6. The monoisotopic (exact) mass is 497 g/mol. The van der Waals surface area contributed by atoms with Crippen molar-refractivity contribution in [1.82, 2.24) is 14.5 Å². The summed E-state index contributed by atoms with van der Waals surface area (Å²) in [5.41, 5.74) is 4.79. The van der Waals surface area contributed by atoms with Gasteiger partial charge in [0.05, 0.1) is 16.0 Å². The third-order valence-corrected chi connectivity index (χ3v) is 7.10. The molecule has 1 aliphatic heterocycles. The number of piperidine rings is 1. The molecule has 5 rings (SSSR count). The van der Waals surface area contributed by atoms with Gasteiger partial charge in [-0.25, -0.2) is 4.98 Å². The van der Waals surface area contributed by atoms with E-state index in [0.717, 1.165) is 73.6 Å². The van der Waals surface area contributed by atoms with Crippen molar-refractivity contribution in [3.63, 3.8) is 0 Å². The lowest BCUT2D eigenvalue weighted by molar-refractivity contribution is -0.384. The SMILES string of the molecule is CC(=O)Nc1cccc(C2CCN(CCCn3c(-c4ccccc4)nc4ccc([N+](=O)[O-])cc43)CC2)c1. The van der Waals surface area contributed by atoms with E-state index in [-0.39, 0.29) is 16.5 Å². The molecule has 190 valence electrons. The lowest BCUT2D eigenvalue weighted by Gasteiger charge is -2.32. The Morgan fingerprint density at radius 1 is 1.03 bits per heavy atom. The molecule has 8 nitrogen and oxygen atoms in total. The number of nitro groups is 1. The summed E-state index contributed by atoms with van der Waals surface area (Å²) in [7, 11) is 0. The predicted molar refractivity (Wildman–Crippen MR) is 146 cm³/mol. The second kappa shape index (κ2) is 10.9. The van der Waals surface area contributed by atoms with E-state index in [4.69, 9.17) is 4.98 Å². The van der Waals surface area contributed by atoms with Gasteiger partial charge in [0.25, 0.3) is 5.69 Å². The molecule has 0 spiro atoms. The molecule has 4 aromatic rings. The van der Waals surface area contributed by atoms with Crippen LogP contribution in [0.15, 0.2) is 72.8 Å². The number of carbonyl (C=O) groups excluding carboxylic acids is 1. The van der Waals surface area contributed by atoms with E-state index in [9.17, 15) is 14.9 Å². The number of rotatable bonds is 8. The van der Waals surface area contributed by atoms with Gasteiger partial charge in [-0.1, -0.05) is 42.5 Å².